The van der Waals surface area contributed by atoms with Crippen molar-refractivity contribution < 1.29 is 4.79 Å². The summed E-state index contributed by atoms with van der Waals surface area (Å²) in [4.78, 5) is 12.7. The van der Waals surface area contributed by atoms with Crippen LogP contribution >= 0.6 is 0 Å². The minimum absolute atomic E-state index is 0.113. The number of carbonyl (C=O) groups is 1. The van der Waals surface area contributed by atoms with Gasteiger partial charge < -0.3 is 5.73 Å². The van der Waals surface area contributed by atoms with E-state index in [0.29, 0.717) is 6.54 Å². The number of ketones is 1. The maximum Gasteiger partial charge on any atom is 0.170 e. The first-order chi connectivity index (χ1) is 8.71. The number of aryl methyl sites for hydroxylation is 2. The van der Waals surface area contributed by atoms with Crippen molar-refractivity contribution in [3.63, 3.8) is 0 Å². The molecule has 0 heterocycles. The normalized spacial score (nSPS) is 17.4. The van der Waals surface area contributed by atoms with Crippen LogP contribution in [0.5, 0.6) is 0 Å². The lowest BCUT2D eigenvalue weighted by Gasteiger charge is -2.23. The van der Waals surface area contributed by atoms with E-state index in [4.69, 9.17) is 5.73 Å². The van der Waals surface area contributed by atoms with Crippen molar-refractivity contribution in [2.75, 3.05) is 6.54 Å². The molecule has 0 radical (unpaired) electrons. The number of nitrogens with two attached hydrogens (primary N) is 1. The maximum absolute atomic E-state index is 12.7. The highest BCUT2D eigenvalue weighted by Gasteiger charge is 2.49. The lowest BCUT2D eigenvalue weighted by molar-refractivity contribution is 0.0904. The molecule has 1 saturated carbocycles. The van der Waals surface area contributed by atoms with Gasteiger partial charge in [0.2, 0.25) is 0 Å². The van der Waals surface area contributed by atoms with Crippen molar-refractivity contribution in [3.05, 3.63) is 34.4 Å². The number of carbonyl (C=O) groups excluding carboxylic acids is 1. The second kappa shape index (κ2) is 4.45. The molecule has 1 fully saturated rings. The molecule has 19 heavy (non-hydrogen) atoms. The summed E-state index contributed by atoms with van der Waals surface area (Å²) in [6, 6.07) is 4.32. The van der Waals surface area contributed by atoms with Crippen LogP contribution in [-0.4, -0.2) is 12.3 Å². The minimum Gasteiger partial charge on any atom is -0.329 e. The quantitative estimate of drug-likeness (QED) is 0.844. The van der Waals surface area contributed by atoms with Crippen molar-refractivity contribution in [1.29, 1.82) is 0 Å². The Labute approximate surface area is 116 Å². The van der Waals surface area contributed by atoms with E-state index in [0.717, 1.165) is 29.5 Å². The van der Waals surface area contributed by atoms with Crippen LogP contribution in [0.2, 0.25) is 0 Å². The highest BCUT2D eigenvalue weighted by atomic mass is 16.1. The average molecular weight is 259 g/mol. The predicted octanol–water partition coefficient (Wildman–Crippen LogP) is 3.52. The molecule has 0 amide bonds. The monoisotopic (exact) mass is 259 g/mol. The van der Waals surface area contributed by atoms with E-state index in [1.807, 2.05) is 13.8 Å². The van der Waals surface area contributed by atoms with Crippen molar-refractivity contribution in [2.45, 2.75) is 52.9 Å². The zero-order valence-electron chi connectivity index (χ0n) is 12.8. The van der Waals surface area contributed by atoms with Gasteiger partial charge in [-0.25, -0.2) is 0 Å². The van der Waals surface area contributed by atoms with Crippen LogP contribution in [-0.2, 0) is 5.41 Å². The van der Waals surface area contributed by atoms with Crippen molar-refractivity contribution in [2.24, 2.45) is 11.1 Å². The molecule has 0 unspecified atom stereocenters. The Morgan fingerprint density at radius 1 is 1.21 bits per heavy atom. The van der Waals surface area contributed by atoms with Gasteiger partial charge in [0.15, 0.2) is 5.78 Å². The van der Waals surface area contributed by atoms with Gasteiger partial charge in [-0.2, -0.15) is 0 Å². The molecule has 0 aliphatic heterocycles. The summed E-state index contributed by atoms with van der Waals surface area (Å²) in [6.07, 6.45) is 1.89. The summed E-state index contributed by atoms with van der Waals surface area (Å²) in [5.41, 5.74) is 10.0. The Morgan fingerprint density at radius 3 is 2.00 bits per heavy atom. The topological polar surface area (TPSA) is 43.1 Å². The van der Waals surface area contributed by atoms with Crippen LogP contribution in [0.4, 0.5) is 0 Å². The molecule has 1 aliphatic carbocycles. The fourth-order valence-electron chi connectivity index (χ4n) is 2.69. The Kier molecular flexibility index (Phi) is 3.34. The Balaban J connectivity index is 2.46. The predicted molar refractivity (Wildman–Crippen MR) is 79.7 cm³/mol. The second-order valence-corrected chi connectivity index (χ2v) is 7.05. The van der Waals surface area contributed by atoms with E-state index in [1.165, 1.54) is 5.56 Å². The fraction of sp³-hybridized carbons (Fsp3) is 0.588. The molecular formula is C17H25NO. The smallest absolute Gasteiger partial charge is 0.170 e. The van der Waals surface area contributed by atoms with E-state index in [2.05, 4.69) is 32.9 Å². The zero-order valence-corrected chi connectivity index (χ0v) is 12.8. The number of Topliss-reactive ketones (excluding diaryl/α,β-unsaturated/α-hetero) is 1. The summed E-state index contributed by atoms with van der Waals surface area (Å²) in [5.74, 6) is 0.255. The zero-order chi connectivity index (χ0) is 14.4. The van der Waals surface area contributed by atoms with E-state index in [-0.39, 0.29) is 16.6 Å². The van der Waals surface area contributed by atoms with Gasteiger partial charge in [0.1, 0.15) is 0 Å². The summed E-state index contributed by atoms with van der Waals surface area (Å²) in [6.45, 7) is 11.2. The van der Waals surface area contributed by atoms with Crippen molar-refractivity contribution in [3.8, 4) is 0 Å². The van der Waals surface area contributed by atoms with Crippen LogP contribution in [0.3, 0.4) is 0 Å². The first-order valence-corrected chi connectivity index (χ1v) is 7.08. The third-order valence-electron chi connectivity index (χ3n) is 4.35. The lowest BCUT2D eigenvalue weighted by Crippen LogP contribution is -2.27. The first kappa shape index (κ1) is 14.3. The summed E-state index contributed by atoms with van der Waals surface area (Å²) < 4.78 is 0. The van der Waals surface area contributed by atoms with Crippen molar-refractivity contribution >= 4 is 5.78 Å². The van der Waals surface area contributed by atoms with E-state index < -0.39 is 0 Å². The molecule has 0 saturated heterocycles. The van der Waals surface area contributed by atoms with E-state index >= 15 is 0 Å². The van der Waals surface area contributed by atoms with Crippen LogP contribution in [0.15, 0.2) is 12.1 Å². The Bertz CT molecular complexity index is 496. The van der Waals surface area contributed by atoms with E-state index in [9.17, 15) is 4.79 Å². The molecule has 2 N–H and O–H groups in total. The number of hydrogen-bond donors (Lipinski definition) is 1. The van der Waals surface area contributed by atoms with Gasteiger partial charge in [0, 0.05) is 17.5 Å². The minimum atomic E-state index is -0.251. The van der Waals surface area contributed by atoms with Crippen LogP contribution in [0.1, 0.15) is 60.7 Å². The highest BCUT2D eigenvalue weighted by molar-refractivity contribution is 6.04. The molecular weight excluding hydrogens is 234 g/mol. The standard InChI is InChI=1S/C17H25NO/c1-11-8-13(16(3,4)5)9-12(2)14(11)15(19)17(10-18)6-7-17/h8-9H,6-7,10,18H2,1-5H3. The largest absolute Gasteiger partial charge is 0.329 e. The van der Waals surface area contributed by atoms with Gasteiger partial charge in [-0.15, -0.1) is 0 Å². The summed E-state index contributed by atoms with van der Waals surface area (Å²) in [7, 11) is 0. The number of rotatable bonds is 3. The number of hydrogen-bond acceptors (Lipinski definition) is 2. The highest BCUT2D eigenvalue weighted by Crippen LogP contribution is 2.48. The van der Waals surface area contributed by atoms with Gasteiger partial charge in [-0.1, -0.05) is 32.9 Å². The molecule has 1 aromatic carbocycles. The van der Waals surface area contributed by atoms with Crippen molar-refractivity contribution in [1.82, 2.24) is 0 Å². The lowest BCUT2D eigenvalue weighted by atomic mass is 9.81. The molecule has 0 spiro atoms. The van der Waals surface area contributed by atoms with E-state index in [1.54, 1.807) is 0 Å². The molecule has 2 heteroatoms. The molecule has 0 aromatic heterocycles. The summed E-state index contributed by atoms with van der Waals surface area (Å²) in [5, 5.41) is 0. The second-order valence-electron chi connectivity index (χ2n) is 7.05. The molecule has 2 nitrogen and oxygen atoms in total. The number of benzene rings is 1. The van der Waals surface area contributed by atoms with Crippen LogP contribution in [0, 0.1) is 19.3 Å². The molecule has 1 aliphatic rings. The molecule has 2 rings (SSSR count). The third kappa shape index (κ3) is 2.46. The van der Waals surface area contributed by atoms with Gasteiger partial charge in [0.05, 0.1) is 0 Å². The van der Waals surface area contributed by atoms with Gasteiger partial charge in [-0.3, -0.25) is 4.79 Å². The summed E-state index contributed by atoms with van der Waals surface area (Å²) >= 11 is 0. The Hall–Kier alpha value is -1.15. The first-order valence-electron chi connectivity index (χ1n) is 7.08. The van der Waals surface area contributed by atoms with Crippen LogP contribution in [0.25, 0.3) is 0 Å². The Morgan fingerprint density at radius 2 is 1.68 bits per heavy atom. The van der Waals surface area contributed by atoms with Gasteiger partial charge >= 0.3 is 0 Å². The average Bonchev–Trinajstić information content (AvgIpc) is 3.07. The van der Waals surface area contributed by atoms with Crippen LogP contribution < -0.4 is 5.73 Å². The third-order valence-corrected chi connectivity index (χ3v) is 4.35. The fourth-order valence-corrected chi connectivity index (χ4v) is 2.69. The molecule has 0 atom stereocenters. The molecule has 0 bridgehead atoms. The molecule has 104 valence electrons. The molecule has 1 aromatic rings. The maximum atomic E-state index is 12.7. The SMILES string of the molecule is Cc1cc(C(C)(C)C)cc(C)c1C(=O)C1(CN)CC1. The van der Waals surface area contributed by atoms with Gasteiger partial charge in [0.25, 0.3) is 0 Å². The van der Waals surface area contributed by atoms with Gasteiger partial charge in [-0.05, 0) is 48.8 Å².